The minimum atomic E-state index is 0.821. The van der Waals surface area contributed by atoms with E-state index in [9.17, 15) is 0 Å². The summed E-state index contributed by atoms with van der Waals surface area (Å²) in [6.45, 7) is 3.24. The molecule has 19 heavy (non-hydrogen) atoms. The Hall–Kier alpha value is -1.25. The van der Waals surface area contributed by atoms with Crippen LogP contribution in [0.4, 0.5) is 5.82 Å². The maximum absolute atomic E-state index is 5.25. The third-order valence-corrected chi connectivity index (χ3v) is 3.31. The second-order valence-electron chi connectivity index (χ2n) is 4.96. The second-order valence-corrected chi connectivity index (χ2v) is 4.96. The van der Waals surface area contributed by atoms with Crippen LogP contribution in [0.3, 0.4) is 0 Å². The van der Waals surface area contributed by atoms with Crippen LogP contribution < -0.4 is 10.1 Å². The molecule has 0 spiro atoms. The lowest BCUT2D eigenvalue weighted by Gasteiger charge is -2.09. The number of anilines is 1. The molecular weight excluding hydrogens is 236 g/mol. The van der Waals surface area contributed by atoms with Crippen molar-refractivity contribution in [2.45, 2.75) is 58.3 Å². The van der Waals surface area contributed by atoms with Gasteiger partial charge in [0.15, 0.2) is 11.6 Å². The summed E-state index contributed by atoms with van der Waals surface area (Å²) in [6, 6.07) is 3.82. The maximum Gasteiger partial charge on any atom is 0.168 e. The minimum absolute atomic E-state index is 0.821. The molecule has 0 aromatic carbocycles. The highest BCUT2D eigenvalue weighted by Gasteiger charge is 2.01. The molecular formula is C16H28N2O. The van der Waals surface area contributed by atoms with Gasteiger partial charge in [0.2, 0.25) is 0 Å². The summed E-state index contributed by atoms with van der Waals surface area (Å²) in [5.41, 5.74) is 0. The van der Waals surface area contributed by atoms with E-state index in [0.29, 0.717) is 0 Å². The first-order valence-corrected chi connectivity index (χ1v) is 7.61. The number of nitrogens with one attached hydrogen (secondary N) is 1. The van der Waals surface area contributed by atoms with E-state index in [-0.39, 0.29) is 0 Å². The lowest BCUT2D eigenvalue weighted by molar-refractivity contribution is 0.414. The van der Waals surface area contributed by atoms with Gasteiger partial charge in [-0.25, -0.2) is 4.98 Å². The van der Waals surface area contributed by atoms with Crippen molar-refractivity contribution in [3.8, 4) is 5.75 Å². The van der Waals surface area contributed by atoms with Gasteiger partial charge in [0.1, 0.15) is 0 Å². The quantitative estimate of drug-likeness (QED) is 0.591. The Balaban J connectivity index is 2.01. The smallest absolute Gasteiger partial charge is 0.168 e. The number of methoxy groups -OCH3 is 1. The van der Waals surface area contributed by atoms with Crippen molar-refractivity contribution < 1.29 is 4.74 Å². The van der Waals surface area contributed by atoms with E-state index in [1.54, 1.807) is 13.3 Å². The van der Waals surface area contributed by atoms with Gasteiger partial charge in [-0.1, -0.05) is 51.9 Å². The Morgan fingerprint density at radius 1 is 1.05 bits per heavy atom. The van der Waals surface area contributed by atoms with Crippen molar-refractivity contribution >= 4 is 5.82 Å². The monoisotopic (exact) mass is 264 g/mol. The topological polar surface area (TPSA) is 34.2 Å². The molecule has 0 atom stereocenters. The Bertz CT molecular complexity index is 328. The lowest BCUT2D eigenvalue weighted by atomic mass is 10.1. The summed E-state index contributed by atoms with van der Waals surface area (Å²) >= 11 is 0. The van der Waals surface area contributed by atoms with E-state index in [4.69, 9.17) is 4.74 Å². The highest BCUT2D eigenvalue weighted by molar-refractivity contribution is 5.49. The maximum atomic E-state index is 5.25. The normalized spacial score (nSPS) is 10.4. The number of rotatable bonds is 11. The predicted molar refractivity (Wildman–Crippen MR) is 81.9 cm³/mol. The fraction of sp³-hybridized carbons (Fsp3) is 0.688. The molecule has 0 saturated heterocycles. The zero-order valence-corrected chi connectivity index (χ0v) is 12.5. The first-order valence-electron chi connectivity index (χ1n) is 7.61. The molecule has 3 nitrogen and oxygen atoms in total. The molecule has 0 unspecified atom stereocenters. The number of unbranched alkanes of at least 4 members (excludes halogenated alkanes) is 7. The Morgan fingerprint density at radius 2 is 1.74 bits per heavy atom. The van der Waals surface area contributed by atoms with Crippen molar-refractivity contribution in [3.63, 3.8) is 0 Å². The third kappa shape index (κ3) is 7.04. The molecule has 108 valence electrons. The van der Waals surface area contributed by atoms with Gasteiger partial charge in [-0.2, -0.15) is 0 Å². The van der Waals surface area contributed by atoms with E-state index < -0.39 is 0 Å². The lowest BCUT2D eigenvalue weighted by Crippen LogP contribution is -2.04. The van der Waals surface area contributed by atoms with Crippen LogP contribution in [0.5, 0.6) is 5.75 Å². The van der Waals surface area contributed by atoms with Crippen LogP contribution in [-0.2, 0) is 0 Å². The molecule has 1 aromatic rings. The largest absolute Gasteiger partial charge is 0.493 e. The fourth-order valence-corrected chi connectivity index (χ4v) is 2.15. The number of pyridine rings is 1. The van der Waals surface area contributed by atoms with Gasteiger partial charge in [0, 0.05) is 12.7 Å². The van der Waals surface area contributed by atoms with Crippen molar-refractivity contribution in [1.82, 2.24) is 4.98 Å². The molecule has 1 N–H and O–H groups in total. The Morgan fingerprint density at radius 3 is 2.42 bits per heavy atom. The van der Waals surface area contributed by atoms with Gasteiger partial charge in [-0.15, -0.1) is 0 Å². The van der Waals surface area contributed by atoms with Crippen molar-refractivity contribution in [1.29, 1.82) is 0 Å². The number of aromatic nitrogens is 1. The summed E-state index contributed by atoms with van der Waals surface area (Å²) < 4.78 is 5.25. The predicted octanol–water partition coefficient (Wildman–Crippen LogP) is 4.64. The summed E-state index contributed by atoms with van der Waals surface area (Å²) in [5, 5.41) is 3.34. The molecule has 0 bridgehead atoms. The van der Waals surface area contributed by atoms with Crippen LogP contribution in [0, 0.1) is 0 Å². The van der Waals surface area contributed by atoms with E-state index >= 15 is 0 Å². The SMILES string of the molecule is CCCCCCCCCCNc1ncccc1OC. The van der Waals surface area contributed by atoms with Crippen LogP contribution in [0.25, 0.3) is 0 Å². The number of ether oxygens (including phenoxy) is 1. The molecule has 0 aliphatic carbocycles. The highest BCUT2D eigenvalue weighted by atomic mass is 16.5. The molecule has 0 saturated carbocycles. The summed E-state index contributed by atoms with van der Waals surface area (Å²) in [5.74, 6) is 1.68. The van der Waals surface area contributed by atoms with E-state index in [1.807, 2.05) is 12.1 Å². The fourth-order valence-electron chi connectivity index (χ4n) is 2.15. The summed E-state index contributed by atoms with van der Waals surface area (Å²) in [4.78, 5) is 4.28. The van der Waals surface area contributed by atoms with E-state index in [1.165, 1.54) is 51.4 Å². The Kier molecular flexibility index (Phi) is 8.86. The summed E-state index contributed by atoms with van der Waals surface area (Å²) in [7, 11) is 1.68. The second kappa shape index (κ2) is 10.7. The van der Waals surface area contributed by atoms with Crippen molar-refractivity contribution in [2.24, 2.45) is 0 Å². The number of hydrogen-bond acceptors (Lipinski definition) is 3. The molecule has 3 heteroatoms. The number of nitrogens with zero attached hydrogens (tertiary/aromatic N) is 1. The van der Waals surface area contributed by atoms with Gasteiger partial charge < -0.3 is 10.1 Å². The van der Waals surface area contributed by atoms with Gasteiger partial charge in [-0.3, -0.25) is 0 Å². The van der Waals surface area contributed by atoms with Gasteiger partial charge in [-0.05, 0) is 18.6 Å². The standard InChI is InChI=1S/C16H28N2O/c1-3-4-5-6-7-8-9-10-13-17-16-15(19-2)12-11-14-18-16/h11-12,14H,3-10,13H2,1-2H3,(H,17,18). The first-order chi connectivity index (χ1) is 9.38. The molecule has 0 aliphatic heterocycles. The molecule has 0 fully saturated rings. The number of hydrogen-bond donors (Lipinski definition) is 1. The Labute approximate surface area is 117 Å². The molecule has 1 rings (SSSR count). The van der Waals surface area contributed by atoms with Gasteiger partial charge in [0.25, 0.3) is 0 Å². The van der Waals surface area contributed by atoms with Crippen molar-refractivity contribution in [2.75, 3.05) is 19.0 Å². The summed E-state index contributed by atoms with van der Waals surface area (Å²) in [6.07, 6.45) is 12.5. The molecule has 0 amide bonds. The highest BCUT2D eigenvalue weighted by Crippen LogP contribution is 2.19. The van der Waals surface area contributed by atoms with Crippen LogP contribution in [0.2, 0.25) is 0 Å². The molecule has 1 heterocycles. The van der Waals surface area contributed by atoms with Crippen LogP contribution in [0.15, 0.2) is 18.3 Å². The molecule has 1 aromatic heterocycles. The van der Waals surface area contributed by atoms with Gasteiger partial charge >= 0.3 is 0 Å². The third-order valence-electron chi connectivity index (χ3n) is 3.31. The van der Waals surface area contributed by atoms with E-state index in [0.717, 1.165) is 18.1 Å². The van der Waals surface area contributed by atoms with Gasteiger partial charge in [0.05, 0.1) is 7.11 Å². The first kappa shape index (κ1) is 15.8. The van der Waals surface area contributed by atoms with E-state index in [2.05, 4.69) is 17.2 Å². The average molecular weight is 264 g/mol. The minimum Gasteiger partial charge on any atom is -0.493 e. The van der Waals surface area contributed by atoms with Crippen LogP contribution in [0.1, 0.15) is 58.3 Å². The zero-order valence-electron chi connectivity index (χ0n) is 12.5. The van der Waals surface area contributed by atoms with Crippen LogP contribution in [-0.4, -0.2) is 18.6 Å². The molecule has 0 radical (unpaired) electrons. The van der Waals surface area contributed by atoms with Crippen molar-refractivity contribution in [3.05, 3.63) is 18.3 Å². The molecule has 0 aliphatic rings. The average Bonchev–Trinajstić information content (AvgIpc) is 2.46. The van der Waals surface area contributed by atoms with Crippen LogP contribution >= 0.6 is 0 Å². The zero-order chi connectivity index (χ0) is 13.8.